The molecule has 0 aliphatic rings. The summed E-state index contributed by atoms with van der Waals surface area (Å²) in [6.45, 7) is 0. The van der Waals surface area contributed by atoms with Crippen molar-refractivity contribution in [3.05, 3.63) is 41.1 Å². The standard InChI is InChI=1S/C11H7S2.ClHO4/c1-2-4-10-8(3-1)9-7-12-6-5-11(9)13-10;2-1(3,4)5/h1-7H;(H,2,3,4,5)/q+1;/p-1. The molecule has 94 valence electrons. The maximum atomic E-state index is 8.49. The predicted molar refractivity (Wildman–Crippen MR) is 61.6 cm³/mol. The summed E-state index contributed by atoms with van der Waals surface area (Å²) in [5.74, 6) is 0. The second kappa shape index (κ2) is 5.41. The van der Waals surface area contributed by atoms with E-state index in [0.29, 0.717) is 0 Å². The highest BCUT2D eigenvalue weighted by Gasteiger charge is 2.06. The van der Waals surface area contributed by atoms with Crippen LogP contribution in [0.2, 0.25) is 0 Å². The molecular formula is C11H7ClO4S2. The van der Waals surface area contributed by atoms with Crippen molar-refractivity contribution in [3.63, 3.8) is 0 Å². The van der Waals surface area contributed by atoms with Crippen molar-refractivity contribution in [2.24, 2.45) is 0 Å². The summed E-state index contributed by atoms with van der Waals surface area (Å²) in [6, 6.07) is 10.8. The highest BCUT2D eigenvalue weighted by molar-refractivity contribution is 7.26. The predicted octanol–water partition coefficient (Wildman–Crippen LogP) is -0.359. The van der Waals surface area contributed by atoms with Gasteiger partial charge < -0.3 is 0 Å². The van der Waals surface area contributed by atoms with Gasteiger partial charge in [0.15, 0.2) is 5.38 Å². The first-order valence-corrected chi connectivity index (χ1v) is 7.73. The van der Waals surface area contributed by atoms with Gasteiger partial charge in [0.2, 0.25) is 16.7 Å². The number of fused-ring (bicyclic) bond motifs is 3. The Morgan fingerprint density at radius 2 is 1.50 bits per heavy atom. The molecule has 0 unspecified atom stereocenters. The van der Waals surface area contributed by atoms with Crippen LogP contribution in [0.3, 0.4) is 0 Å². The number of halogens is 1. The number of benzene rings is 1. The summed E-state index contributed by atoms with van der Waals surface area (Å²) in [5, 5.41) is 7.15. The highest BCUT2D eigenvalue weighted by Crippen LogP contribution is 2.33. The van der Waals surface area contributed by atoms with E-state index in [9.17, 15) is 0 Å². The van der Waals surface area contributed by atoms with Crippen molar-refractivity contribution in [2.75, 3.05) is 0 Å². The first kappa shape index (κ1) is 13.6. The molecule has 0 N–H and O–H groups in total. The van der Waals surface area contributed by atoms with E-state index in [0.717, 1.165) is 0 Å². The van der Waals surface area contributed by atoms with Gasteiger partial charge in [-0.05, 0) is 6.07 Å². The second-order valence-corrected chi connectivity index (χ2v) is 5.93. The van der Waals surface area contributed by atoms with Gasteiger partial charge in [0, 0.05) is 20.9 Å². The van der Waals surface area contributed by atoms with Crippen LogP contribution in [0, 0.1) is 10.2 Å². The Hall–Kier alpha value is -0.860. The zero-order valence-corrected chi connectivity index (χ0v) is 11.3. The molecule has 4 nitrogen and oxygen atoms in total. The van der Waals surface area contributed by atoms with Gasteiger partial charge in [0.25, 0.3) is 0 Å². The lowest BCUT2D eigenvalue weighted by atomic mass is 10.2. The molecule has 0 spiro atoms. The summed E-state index contributed by atoms with van der Waals surface area (Å²) in [4.78, 5) is 0. The average molecular weight is 303 g/mol. The Labute approximate surface area is 113 Å². The monoisotopic (exact) mass is 302 g/mol. The number of rotatable bonds is 0. The van der Waals surface area contributed by atoms with Gasteiger partial charge in [-0.3, -0.25) is 0 Å². The van der Waals surface area contributed by atoms with Crippen LogP contribution in [0.4, 0.5) is 0 Å². The Bertz CT molecular complexity index is 606. The smallest absolute Gasteiger partial charge is 0.212 e. The number of hydrogen-bond donors (Lipinski definition) is 0. The van der Waals surface area contributed by atoms with E-state index in [1.807, 2.05) is 11.3 Å². The molecule has 0 bridgehead atoms. The summed E-state index contributed by atoms with van der Waals surface area (Å²) < 4.78 is 36.7. The van der Waals surface area contributed by atoms with Crippen LogP contribution in [0.5, 0.6) is 0 Å². The van der Waals surface area contributed by atoms with Crippen molar-refractivity contribution in [2.45, 2.75) is 0 Å². The molecule has 0 aliphatic carbocycles. The number of thiophene rings is 1. The molecule has 7 heteroatoms. The fraction of sp³-hybridized carbons (Fsp3) is 0. The zero-order valence-electron chi connectivity index (χ0n) is 8.87. The minimum Gasteiger partial charge on any atom is -0.222 e. The van der Waals surface area contributed by atoms with Crippen LogP contribution >= 0.6 is 22.7 Å². The van der Waals surface area contributed by atoms with Gasteiger partial charge in [-0.2, -0.15) is 0 Å². The van der Waals surface area contributed by atoms with Crippen molar-refractivity contribution in [1.82, 2.24) is 0 Å². The molecule has 2 aromatic heterocycles. The maximum Gasteiger partial charge on any atom is 0.212 e. The topological polar surface area (TPSA) is 92.2 Å². The highest BCUT2D eigenvalue weighted by atomic mass is 35.7. The molecule has 1 aromatic carbocycles. The second-order valence-electron chi connectivity index (χ2n) is 3.31. The van der Waals surface area contributed by atoms with Crippen LogP contribution in [-0.4, -0.2) is 0 Å². The molecule has 18 heavy (non-hydrogen) atoms. The average Bonchev–Trinajstić information content (AvgIpc) is 2.65. The molecule has 0 fully saturated rings. The lowest BCUT2D eigenvalue weighted by molar-refractivity contribution is -2.00. The fourth-order valence-corrected chi connectivity index (χ4v) is 3.47. The first-order chi connectivity index (χ1) is 8.45. The number of hydrogen-bond acceptors (Lipinski definition) is 5. The molecule has 0 amide bonds. The Kier molecular flexibility index (Phi) is 4.08. The van der Waals surface area contributed by atoms with Gasteiger partial charge in [-0.1, -0.05) is 18.2 Å². The van der Waals surface area contributed by atoms with Gasteiger partial charge in [-0.25, -0.2) is 18.6 Å². The Balaban J connectivity index is 0.000000209. The normalized spacial score (nSPS) is 11.3. The third-order valence-corrected chi connectivity index (χ3v) is 3.96. The zero-order chi connectivity index (χ0) is 13.2. The van der Waals surface area contributed by atoms with E-state index in [2.05, 4.69) is 41.1 Å². The molecule has 0 aliphatic heterocycles. The summed E-state index contributed by atoms with van der Waals surface area (Å²) >= 11 is 3.63. The molecular weight excluding hydrogens is 296 g/mol. The molecule has 3 rings (SSSR count). The molecule has 2 heterocycles. The van der Waals surface area contributed by atoms with Crippen molar-refractivity contribution in [1.29, 1.82) is 0 Å². The van der Waals surface area contributed by atoms with Gasteiger partial charge in [0.05, 0.1) is 5.39 Å². The largest absolute Gasteiger partial charge is 0.222 e. The van der Waals surface area contributed by atoms with Crippen LogP contribution in [0.25, 0.3) is 20.2 Å². The molecule has 3 aromatic rings. The first-order valence-electron chi connectivity index (χ1n) is 4.73. The molecule has 0 saturated carbocycles. The molecule has 0 atom stereocenters. The van der Waals surface area contributed by atoms with E-state index < -0.39 is 10.2 Å². The van der Waals surface area contributed by atoms with E-state index in [-0.39, 0.29) is 0 Å². The fourth-order valence-electron chi connectivity index (χ4n) is 1.54. The van der Waals surface area contributed by atoms with Crippen LogP contribution < -0.4 is 18.6 Å². The van der Waals surface area contributed by atoms with Gasteiger partial charge >= 0.3 is 0 Å². The van der Waals surface area contributed by atoms with Crippen molar-refractivity contribution >= 4 is 42.8 Å². The summed E-state index contributed by atoms with van der Waals surface area (Å²) in [7, 11) is -4.94. The SMILES string of the molecule is [O-][Cl+3]([O-])([O-])[O-].c1ccc2c(c1)sc1cc[s+]cc12. The summed E-state index contributed by atoms with van der Waals surface area (Å²) in [5.41, 5.74) is 0. The van der Waals surface area contributed by atoms with Crippen LogP contribution in [0.15, 0.2) is 41.1 Å². The minimum absolute atomic E-state index is 1.39. The lowest BCUT2D eigenvalue weighted by Gasteiger charge is -2.17. The van der Waals surface area contributed by atoms with E-state index in [4.69, 9.17) is 18.6 Å². The van der Waals surface area contributed by atoms with E-state index in [1.54, 1.807) is 11.3 Å². The molecule has 0 radical (unpaired) electrons. The van der Waals surface area contributed by atoms with E-state index in [1.165, 1.54) is 20.2 Å². The Morgan fingerprint density at radius 3 is 2.22 bits per heavy atom. The van der Waals surface area contributed by atoms with Crippen LogP contribution in [0.1, 0.15) is 0 Å². The Morgan fingerprint density at radius 1 is 0.889 bits per heavy atom. The minimum atomic E-state index is -4.94. The molecule has 0 saturated heterocycles. The third kappa shape index (κ3) is 3.56. The van der Waals surface area contributed by atoms with E-state index >= 15 is 0 Å². The van der Waals surface area contributed by atoms with Gasteiger partial charge in [-0.15, -0.1) is 21.6 Å². The van der Waals surface area contributed by atoms with Crippen LogP contribution in [-0.2, 0) is 0 Å². The van der Waals surface area contributed by atoms with Crippen molar-refractivity contribution in [3.8, 4) is 0 Å². The summed E-state index contributed by atoms with van der Waals surface area (Å²) in [6.07, 6.45) is 0. The van der Waals surface area contributed by atoms with Crippen molar-refractivity contribution < 1.29 is 28.9 Å². The maximum absolute atomic E-state index is 8.49. The lowest BCUT2D eigenvalue weighted by Crippen LogP contribution is -2.68. The third-order valence-electron chi connectivity index (χ3n) is 2.15. The van der Waals surface area contributed by atoms with Gasteiger partial charge in [0.1, 0.15) is 0 Å². The quantitative estimate of drug-likeness (QED) is 0.530.